The topological polar surface area (TPSA) is 260 Å². The lowest BCUT2D eigenvalue weighted by molar-refractivity contribution is -0.137. The van der Waals surface area contributed by atoms with Crippen molar-refractivity contribution in [2.24, 2.45) is 29.2 Å². The lowest BCUT2D eigenvalue weighted by Crippen LogP contribution is -2.62. The second-order valence-corrected chi connectivity index (χ2v) is 15.3. The standard InChI is InChI=1S/C38H59N9O7/c1-20(2)15-27-34(50)44-28(16-21(3)4)37(53)47-32(22(5)6)38(54)46-30(18-31(40)48)36(52)42-26(13-9-10-14-39)33(49)45-29(35(51)43-27)17-23-19-41-25-12-8-7-11-24(23)25/h7-8,11-12,19-22,26-30,32,41H,9-10,13-18,39H2,1-6H3,(H2,40,48)(H,42,52)(H,43,51)(H,44,50)(H,45,49)(H,46,54)(H,47,53)/t26-,27-,28+,29-,30-,32-/m0/s1. The van der Waals surface area contributed by atoms with Gasteiger partial charge in [-0.05, 0) is 68.0 Å². The van der Waals surface area contributed by atoms with Gasteiger partial charge in [0.25, 0.3) is 0 Å². The summed E-state index contributed by atoms with van der Waals surface area (Å²) in [6, 6.07) is 0.208. The van der Waals surface area contributed by atoms with Gasteiger partial charge in [0.2, 0.25) is 41.4 Å². The van der Waals surface area contributed by atoms with Crippen molar-refractivity contribution in [2.75, 3.05) is 6.54 Å². The molecule has 11 N–H and O–H groups in total. The molecule has 1 aromatic carbocycles. The van der Waals surface area contributed by atoms with Crippen LogP contribution in [0.3, 0.4) is 0 Å². The molecule has 0 bridgehead atoms. The fraction of sp³-hybridized carbons (Fsp3) is 0.605. The third-order valence-corrected chi connectivity index (χ3v) is 9.28. The fourth-order valence-electron chi connectivity index (χ4n) is 6.45. The molecule has 0 unspecified atom stereocenters. The molecule has 16 heteroatoms. The van der Waals surface area contributed by atoms with Crippen LogP contribution in [0.5, 0.6) is 0 Å². The first-order chi connectivity index (χ1) is 25.5. The van der Waals surface area contributed by atoms with Crippen LogP contribution in [0.4, 0.5) is 0 Å². The number of unbranched alkanes of at least 4 members (excludes halogenated alkanes) is 1. The minimum atomic E-state index is -1.50. The maximum atomic E-state index is 14.2. The molecule has 1 aromatic heterocycles. The summed E-state index contributed by atoms with van der Waals surface area (Å²) in [5.74, 6) is -5.68. The van der Waals surface area contributed by atoms with Crippen LogP contribution in [0, 0.1) is 17.8 Å². The van der Waals surface area contributed by atoms with Gasteiger partial charge in [0.15, 0.2) is 0 Å². The Kier molecular flexibility index (Phi) is 16.5. The van der Waals surface area contributed by atoms with Crippen LogP contribution in [0.2, 0.25) is 0 Å². The van der Waals surface area contributed by atoms with Crippen molar-refractivity contribution in [3.63, 3.8) is 0 Å². The lowest BCUT2D eigenvalue weighted by Gasteiger charge is -2.30. The molecular formula is C38H59N9O7. The Morgan fingerprint density at radius 3 is 1.72 bits per heavy atom. The summed E-state index contributed by atoms with van der Waals surface area (Å²) in [6.45, 7) is 11.2. The molecule has 0 saturated carbocycles. The minimum Gasteiger partial charge on any atom is -0.370 e. The molecule has 2 heterocycles. The number of carbonyl (C=O) groups is 7. The van der Waals surface area contributed by atoms with E-state index in [1.807, 2.05) is 52.0 Å². The largest absolute Gasteiger partial charge is 0.370 e. The number of rotatable bonds is 13. The van der Waals surface area contributed by atoms with Crippen LogP contribution < -0.4 is 43.4 Å². The zero-order valence-corrected chi connectivity index (χ0v) is 32.3. The normalized spacial score (nSPS) is 24.0. The molecule has 298 valence electrons. The Hall–Kier alpha value is -4.99. The van der Waals surface area contributed by atoms with E-state index in [-0.39, 0.29) is 37.5 Å². The molecule has 3 rings (SSSR count). The smallest absolute Gasteiger partial charge is 0.243 e. The number of hydrogen-bond acceptors (Lipinski definition) is 8. The molecule has 16 nitrogen and oxygen atoms in total. The van der Waals surface area contributed by atoms with E-state index in [4.69, 9.17) is 11.5 Å². The fourth-order valence-corrected chi connectivity index (χ4v) is 6.45. The van der Waals surface area contributed by atoms with Crippen molar-refractivity contribution >= 4 is 52.3 Å². The average Bonchev–Trinajstić information content (AvgIpc) is 3.50. The number of benzene rings is 1. The molecule has 1 fully saturated rings. The Bertz CT molecular complexity index is 1640. The average molecular weight is 754 g/mol. The number of carbonyl (C=O) groups excluding carboxylic acids is 7. The SMILES string of the molecule is CC(C)C[C@@H]1NC(=O)[C@H](Cc2c[nH]c3ccccc23)NC(=O)[C@H](CCCCN)NC(=O)[C@H](CC(N)=O)NC(=O)[C@H](C(C)C)NC(=O)[C@@H](CC(C)C)NC1=O. The van der Waals surface area contributed by atoms with Gasteiger partial charge in [-0.2, -0.15) is 0 Å². The molecule has 1 saturated heterocycles. The van der Waals surface area contributed by atoms with Crippen molar-refractivity contribution in [1.29, 1.82) is 0 Å². The van der Waals surface area contributed by atoms with Gasteiger partial charge in [-0.1, -0.05) is 59.7 Å². The van der Waals surface area contributed by atoms with E-state index in [0.29, 0.717) is 19.4 Å². The van der Waals surface area contributed by atoms with Gasteiger partial charge in [0.1, 0.15) is 36.3 Å². The molecule has 7 amide bonds. The number of amides is 7. The van der Waals surface area contributed by atoms with Gasteiger partial charge in [0.05, 0.1) is 6.42 Å². The highest BCUT2D eigenvalue weighted by atomic mass is 16.2. The number of hydrogen-bond donors (Lipinski definition) is 9. The van der Waals surface area contributed by atoms with E-state index in [2.05, 4.69) is 36.9 Å². The maximum Gasteiger partial charge on any atom is 0.243 e. The van der Waals surface area contributed by atoms with Crippen molar-refractivity contribution in [1.82, 2.24) is 36.9 Å². The number of H-pyrrole nitrogens is 1. The van der Waals surface area contributed by atoms with Crippen molar-refractivity contribution in [3.05, 3.63) is 36.0 Å². The Morgan fingerprint density at radius 2 is 1.15 bits per heavy atom. The molecule has 1 aliphatic heterocycles. The van der Waals surface area contributed by atoms with E-state index >= 15 is 0 Å². The summed E-state index contributed by atoms with van der Waals surface area (Å²) in [5.41, 5.74) is 12.7. The summed E-state index contributed by atoms with van der Waals surface area (Å²) in [6.07, 6.45) is 2.68. The summed E-state index contributed by atoms with van der Waals surface area (Å²) >= 11 is 0. The molecule has 0 aliphatic carbocycles. The van der Waals surface area contributed by atoms with Crippen LogP contribution in [0.1, 0.15) is 85.6 Å². The van der Waals surface area contributed by atoms with Gasteiger partial charge in [-0.3, -0.25) is 33.6 Å². The summed E-state index contributed by atoms with van der Waals surface area (Å²) in [7, 11) is 0. The highest BCUT2D eigenvalue weighted by Gasteiger charge is 2.36. The Morgan fingerprint density at radius 1 is 0.648 bits per heavy atom. The monoisotopic (exact) mass is 753 g/mol. The zero-order valence-electron chi connectivity index (χ0n) is 32.3. The van der Waals surface area contributed by atoms with Crippen LogP contribution in [-0.4, -0.2) is 89.1 Å². The summed E-state index contributed by atoms with van der Waals surface area (Å²) in [5, 5.41) is 17.2. The number of aromatic amines is 1. The van der Waals surface area contributed by atoms with Crippen molar-refractivity contribution in [3.8, 4) is 0 Å². The number of primary amides is 1. The molecule has 6 atom stereocenters. The molecule has 54 heavy (non-hydrogen) atoms. The van der Waals surface area contributed by atoms with Gasteiger partial charge < -0.3 is 48.4 Å². The Balaban J connectivity index is 2.14. The first-order valence-corrected chi connectivity index (χ1v) is 18.9. The number of nitrogens with two attached hydrogens (primary N) is 2. The van der Waals surface area contributed by atoms with E-state index in [1.54, 1.807) is 20.0 Å². The van der Waals surface area contributed by atoms with Crippen LogP contribution in [0.25, 0.3) is 10.9 Å². The van der Waals surface area contributed by atoms with E-state index < -0.39 is 89.9 Å². The third kappa shape index (κ3) is 12.8. The second-order valence-electron chi connectivity index (χ2n) is 15.3. The van der Waals surface area contributed by atoms with Crippen molar-refractivity contribution in [2.45, 2.75) is 123 Å². The van der Waals surface area contributed by atoms with Crippen LogP contribution in [0.15, 0.2) is 30.5 Å². The lowest BCUT2D eigenvalue weighted by atomic mass is 9.97. The highest BCUT2D eigenvalue weighted by Crippen LogP contribution is 2.20. The van der Waals surface area contributed by atoms with E-state index in [1.165, 1.54) is 0 Å². The highest BCUT2D eigenvalue weighted by molar-refractivity contribution is 5.99. The third-order valence-electron chi connectivity index (χ3n) is 9.28. The molecule has 0 radical (unpaired) electrons. The van der Waals surface area contributed by atoms with E-state index in [0.717, 1.165) is 16.5 Å². The van der Waals surface area contributed by atoms with Gasteiger partial charge in [-0.25, -0.2) is 0 Å². The first-order valence-electron chi connectivity index (χ1n) is 18.9. The maximum absolute atomic E-state index is 14.2. The molecular weight excluding hydrogens is 694 g/mol. The van der Waals surface area contributed by atoms with Gasteiger partial charge in [-0.15, -0.1) is 0 Å². The van der Waals surface area contributed by atoms with Crippen LogP contribution in [-0.2, 0) is 40.0 Å². The number of para-hydroxylation sites is 1. The number of aromatic nitrogens is 1. The Labute approximate surface area is 316 Å². The summed E-state index contributed by atoms with van der Waals surface area (Å²) < 4.78 is 0. The molecule has 0 spiro atoms. The summed E-state index contributed by atoms with van der Waals surface area (Å²) in [4.78, 5) is 98.8. The number of nitrogens with one attached hydrogen (secondary N) is 7. The van der Waals surface area contributed by atoms with Crippen molar-refractivity contribution < 1.29 is 33.6 Å². The minimum absolute atomic E-state index is 0.0242. The second kappa shape index (κ2) is 20.5. The zero-order chi connectivity index (χ0) is 40.1. The first kappa shape index (κ1) is 43.4. The van der Waals surface area contributed by atoms with Gasteiger partial charge in [0, 0.05) is 23.5 Å². The predicted molar refractivity (Wildman–Crippen MR) is 204 cm³/mol. The predicted octanol–water partition coefficient (Wildman–Crippen LogP) is 0.385. The van der Waals surface area contributed by atoms with Gasteiger partial charge >= 0.3 is 0 Å². The quantitative estimate of drug-likeness (QED) is 0.129. The number of fused-ring (bicyclic) bond motifs is 1. The molecule has 1 aliphatic rings. The molecule has 2 aromatic rings. The van der Waals surface area contributed by atoms with Crippen LogP contribution >= 0.6 is 0 Å². The van der Waals surface area contributed by atoms with E-state index in [9.17, 15) is 33.6 Å².